The predicted molar refractivity (Wildman–Crippen MR) is 112 cm³/mol. The zero-order chi connectivity index (χ0) is 21.1. The molecule has 1 aromatic heterocycles. The van der Waals surface area contributed by atoms with E-state index in [1.165, 1.54) is 25.3 Å². The molecule has 0 aliphatic carbocycles. The van der Waals surface area contributed by atoms with Crippen LogP contribution in [0.25, 0.3) is 16.3 Å². The van der Waals surface area contributed by atoms with E-state index in [0.29, 0.717) is 12.1 Å². The number of methoxy groups -OCH3 is 1. The minimum Gasteiger partial charge on any atom is -0.493 e. The molecule has 3 aromatic rings. The van der Waals surface area contributed by atoms with Crippen LogP contribution in [0.15, 0.2) is 48.5 Å². The third-order valence-corrected chi connectivity index (χ3v) is 6.11. The summed E-state index contributed by atoms with van der Waals surface area (Å²) in [6, 6.07) is 12.6. The molecule has 0 radical (unpaired) electrons. The number of carbonyl (C=O) groups excluding carboxylic acids is 1. The van der Waals surface area contributed by atoms with Crippen LogP contribution in [0.1, 0.15) is 29.5 Å². The van der Waals surface area contributed by atoms with Crippen LogP contribution in [0.5, 0.6) is 11.5 Å². The van der Waals surface area contributed by atoms with E-state index in [1.54, 1.807) is 28.4 Å². The molecule has 0 bridgehead atoms. The van der Waals surface area contributed by atoms with Crippen molar-refractivity contribution in [2.75, 3.05) is 13.7 Å². The van der Waals surface area contributed by atoms with Gasteiger partial charge in [-0.1, -0.05) is 24.3 Å². The van der Waals surface area contributed by atoms with Crippen LogP contribution in [-0.2, 0) is 4.79 Å². The lowest BCUT2D eigenvalue weighted by Crippen LogP contribution is -2.28. The van der Waals surface area contributed by atoms with Gasteiger partial charge in [0.1, 0.15) is 5.01 Å². The lowest BCUT2D eigenvalue weighted by Gasteiger charge is -2.21. The Morgan fingerprint density at radius 2 is 2.10 bits per heavy atom. The summed E-state index contributed by atoms with van der Waals surface area (Å²) in [5.74, 6) is -0.107. The zero-order valence-corrected chi connectivity index (χ0v) is 17.1. The van der Waals surface area contributed by atoms with Crippen molar-refractivity contribution in [2.24, 2.45) is 0 Å². The van der Waals surface area contributed by atoms with Crippen molar-refractivity contribution in [1.29, 1.82) is 0 Å². The summed E-state index contributed by atoms with van der Waals surface area (Å²) in [5.41, 5.74) is 1.27. The number of hydrogen-bond acceptors (Lipinski definition) is 5. The summed E-state index contributed by atoms with van der Waals surface area (Å²) in [6.45, 7) is -2.37. The quantitative estimate of drug-likeness (QED) is 0.499. The second kappa shape index (κ2) is 8.79. The number of nitrogens with zero attached hydrogens (tertiary/aromatic N) is 2. The maximum absolute atomic E-state index is 12.9. The average Bonchev–Trinajstić information content (AvgIpc) is 3.39. The van der Waals surface area contributed by atoms with Crippen LogP contribution in [0.4, 0.5) is 8.78 Å². The van der Waals surface area contributed by atoms with Gasteiger partial charge in [-0.2, -0.15) is 8.78 Å². The highest BCUT2D eigenvalue weighted by molar-refractivity contribution is 7.18. The molecule has 1 aliphatic heterocycles. The Morgan fingerprint density at radius 3 is 2.87 bits per heavy atom. The molecule has 30 heavy (non-hydrogen) atoms. The number of halogens is 2. The molecule has 5 nitrogen and oxygen atoms in total. The molecular formula is C22H20F2N2O3S. The average molecular weight is 430 g/mol. The van der Waals surface area contributed by atoms with E-state index in [9.17, 15) is 13.6 Å². The zero-order valence-electron chi connectivity index (χ0n) is 16.3. The second-order valence-electron chi connectivity index (χ2n) is 6.80. The fraction of sp³-hybridized carbons (Fsp3) is 0.273. The SMILES string of the molecule is COc1cccc(C=CC(=O)N2CCCC2c2nc3ccccc3s2)c1OC(F)F. The minimum absolute atomic E-state index is 0.0818. The Morgan fingerprint density at radius 1 is 1.27 bits per heavy atom. The Kier molecular flexibility index (Phi) is 5.94. The summed E-state index contributed by atoms with van der Waals surface area (Å²) in [6.07, 6.45) is 4.60. The second-order valence-corrected chi connectivity index (χ2v) is 7.86. The highest BCUT2D eigenvalue weighted by Crippen LogP contribution is 2.37. The number of ether oxygens (including phenoxy) is 2. The third kappa shape index (κ3) is 4.14. The number of benzene rings is 2. The predicted octanol–water partition coefficient (Wildman–Crippen LogP) is 5.28. The molecule has 1 amide bonds. The van der Waals surface area contributed by atoms with E-state index in [1.807, 2.05) is 24.3 Å². The Balaban J connectivity index is 1.56. The molecule has 8 heteroatoms. The standard InChI is InChI=1S/C22H20F2N2O3S/c1-28-17-9-4-6-14(20(17)29-22(23)24)11-12-19(27)26-13-5-8-16(26)21-25-15-7-2-3-10-18(15)30-21/h2-4,6-7,9-12,16,22H,5,8,13H2,1H3. The van der Waals surface area contributed by atoms with E-state index in [-0.39, 0.29) is 23.4 Å². The number of rotatable bonds is 6. The van der Waals surface area contributed by atoms with Gasteiger partial charge in [0.25, 0.3) is 0 Å². The van der Waals surface area contributed by atoms with Crippen LogP contribution < -0.4 is 9.47 Å². The van der Waals surface area contributed by atoms with E-state index in [0.717, 1.165) is 28.1 Å². The number of fused-ring (bicyclic) bond motifs is 1. The molecule has 1 fully saturated rings. The molecule has 1 atom stereocenters. The van der Waals surface area contributed by atoms with Gasteiger partial charge in [0.2, 0.25) is 5.91 Å². The number of aromatic nitrogens is 1. The van der Waals surface area contributed by atoms with Crippen molar-refractivity contribution in [1.82, 2.24) is 9.88 Å². The van der Waals surface area contributed by atoms with Gasteiger partial charge in [0.15, 0.2) is 11.5 Å². The maximum atomic E-state index is 12.9. The molecule has 0 saturated carbocycles. The van der Waals surface area contributed by atoms with Crippen molar-refractivity contribution in [3.05, 3.63) is 59.1 Å². The summed E-state index contributed by atoms with van der Waals surface area (Å²) < 4.78 is 36.4. The van der Waals surface area contributed by atoms with Crippen molar-refractivity contribution in [3.8, 4) is 11.5 Å². The number of amides is 1. The Labute approximate surface area is 176 Å². The number of hydrogen-bond donors (Lipinski definition) is 0. The molecule has 2 aromatic carbocycles. The minimum atomic E-state index is -2.99. The van der Waals surface area contributed by atoms with Crippen LogP contribution in [0.2, 0.25) is 0 Å². The number of alkyl halides is 2. The van der Waals surface area contributed by atoms with Gasteiger partial charge in [0, 0.05) is 18.2 Å². The molecule has 4 rings (SSSR count). The monoisotopic (exact) mass is 430 g/mol. The van der Waals surface area contributed by atoms with E-state index < -0.39 is 6.61 Å². The van der Waals surface area contributed by atoms with Crippen molar-refractivity contribution >= 4 is 33.5 Å². The largest absolute Gasteiger partial charge is 0.493 e. The molecular weight excluding hydrogens is 410 g/mol. The number of thiazole rings is 1. The first-order valence-corrected chi connectivity index (χ1v) is 10.3. The van der Waals surface area contributed by atoms with Gasteiger partial charge in [0.05, 0.1) is 23.4 Å². The van der Waals surface area contributed by atoms with E-state index >= 15 is 0 Å². The molecule has 0 N–H and O–H groups in total. The smallest absolute Gasteiger partial charge is 0.387 e. The third-order valence-electron chi connectivity index (χ3n) is 4.97. The number of para-hydroxylation sites is 2. The van der Waals surface area contributed by atoms with Crippen LogP contribution in [0, 0.1) is 0 Å². The van der Waals surface area contributed by atoms with Crippen LogP contribution in [-0.4, -0.2) is 36.1 Å². The Hall–Kier alpha value is -3.00. The Bertz CT molecular complexity index is 1050. The van der Waals surface area contributed by atoms with Gasteiger partial charge < -0.3 is 14.4 Å². The molecule has 156 valence electrons. The fourth-order valence-electron chi connectivity index (χ4n) is 3.62. The van der Waals surface area contributed by atoms with Crippen molar-refractivity contribution in [2.45, 2.75) is 25.5 Å². The van der Waals surface area contributed by atoms with Gasteiger partial charge in [-0.05, 0) is 37.1 Å². The maximum Gasteiger partial charge on any atom is 0.387 e. The summed E-state index contributed by atoms with van der Waals surface area (Å²) in [5, 5.41) is 0.915. The molecule has 1 unspecified atom stereocenters. The molecule has 1 saturated heterocycles. The normalized spacial score (nSPS) is 16.7. The molecule has 2 heterocycles. The first-order chi connectivity index (χ1) is 14.6. The molecule has 1 aliphatic rings. The molecule has 0 spiro atoms. The highest BCUT2D eigenvalue weighted by Gasteiger charge is 2.31. The summed E-state index contributed by atoms with van der Waals surface area (Å²) in [4.78, 5) is 19.4. The highest BCUT2D eigenvalue weighted by atomic mass is 32.1. The van der Waals surface area contributed by atoms with E-state index in [4.69, 9.17) is 9.72 Å². The van der Waals surface area contributed by atoms with Crippen LogP contribution in [0.3, 0.4) is 0 Å². The lowest BCUT2D eigenvalue weighted by atomic mass is 10.1. The van der Waals surface area contributed by atoms with Gasteiger partial charge >= 0.3 is 6.61 Å². The topological polar surface area (TPSA) is 51.7 Å². The fourth-order valence-corrected chi connectivity index (χ4v) is 4.73. The number of likely N-dealkylation sites (tertiary alicyclic amines) is 1. The number of carbonyl (C=O) groups is 1. The lowest BCUT2D eigenvalue weighted by molar-refractivity contribution is -0.126. The summed E-state index contributed by atoms with van der Waals surface area (Å²) >= 11 is 1.60. The van der Waals surface area contributed by atoms with Crippen LogP contribution >= 0.6 is 11.3 Å². The van der Waals surface area contributed by atoms with Crippen molar-refractivity contribution in [3.63, 3.8) is 0 Å². The summed E-state index contributed by atoms with van der Waals surface area (Å²) in [7, 11) is 1.37. The van der Waals surface area contributed by atoms with Gasteiger partial charge in [-0.25, -0.2) is 4.98 Å². The first kappa shape index (κ1) is 20.3. The first-order valence-electron chi connectivity index (χ1n) is 9.53. The van der Waals surface area contributed by atoms with E-state index in [2.05, 4.69) is 4.74 Å². The van der Waals surface area contributed by atoms with Gasteiger partial charge in [-0.15, -0.1) is 11.3 Å². The van der Waals surface area contributed by atoms with Crippen molar-refractivity contribution < 1.29 is 23.0 Å². The van der Waals surface area contributed by atoms with Gasteiger partial charge in [-0.3, -0.25) is 4.79 Å².